The summed E-state index contributed by atoms with van der Waals surface area (Å²) in [5.41, 5.74) is 5.11. The van der Waals surface area contributed by atoms with Crippen molar-refractivity contribution in [3.8, 4) is 0 Å². The minimum atomic E-state index is -0.476. The maximum atomic E-state index is 11.8. The Morgan fingerprint density at radius 3 is 2.59 bits per heavy atom. The van der Waals surface area contributed by atoms with Crippen LogP contribution in [0.4, 0.5) is 4.79 Å². The van der Waals surface area contributed by atoms with E-state index in [2.05, 4.69) is 5.32 Å². The van der Waals surface area contributed by atoms with Gasteiger partial charge in [0.1, 0.15) is 5.60 Å². The number of alkyl carbamates (subject to hydrolysis) is 1. The molecule has 2 rings (SSSR count). The number of carbonyl (C=O) groups excluding carboxylic acids is 1. The minimum absolute atomic E-state index is 0.187. The summed E-state index contributed by atoms with van der Waals surface area (Å²) in [5, 5.41) is 2.98. The average Bonchev–Trinajstić information content (AvgIpc) is 2.72. The van der Waals surface area contributed by atoms with Crippen molar-refractivity contribution in [2.75, 3.05) is 13.2 Å². The van der Waals surface area contributed by atoms with Gasteiger partial charge in [0.2, 0.25) is 0 Å². The predicted molar refractivity (Wildman–Crippen MR) is 63.6 cm³/mol. The number of hydrogen-bond acceptors (Lipinski definition) is 4. The van der Waals surface area contributed by atoms with E-state index in [4.69, 9.17) is 15.2 Å². The number of rotatable bonds is 2. The van der Waals surface area contributed by atoms with Crippen LogP contribution in [0.15, 0.2) is 0 Å². The van der Waals surface area contributed by atoms with Crippen LogP contribution in [-0.4, -0.2) is 36.5 Å². The summed E-state index contributed by atoms with van der Waals surface area (Å²) in [7, 11) is 0. The molecule has 2 fully saturated rings. The van der Waals surface area contributed by atoms with Crippen molar-refractivity contribution in [3.63, 3.8) is 0 Å². The lowest BCUT2D eigenvalue weighted by Crippen LogP contribution is -2.53. The van der Waals surface area contributed by atoms with Gasteiger partial charge in [0.15, 0.2) is 0 Å². The van der Waals surface area contributed by atoms with E-state index in [0.717, 1.165) is 12.8 Å². The summed E-state index contributed by atoms with van der Waals surface area (Å²) in [4.78, 5) is 11.8. The van der Waals surface area contributed by atoms with E-state index >= 15 is 0 Å². The normalized spacial score (nSPS) is 36.7. The number of amides is 1. The van der Waals surface area contributed by atoms with E-state index in [-0.39, 0.29) is 17.7 Å². The van der Waals surface area contributed by atoms with Crippen molar-refractivity contribution in [1.82, 2.24) is 5.32 Å². The first-order valence-electron chi connectivity index (χ1n) is 6.17. The van der Waals surface area contributed by atoms with E-state index in [9.17, 15) is 4.79 Å². The molecule has 0 bridgehead atoms. The number of hydrogen-bond donors (Lipinski definition) is 2. The fourth-order valence-electron chi connectivity index (χ4n) is 2.42. The quantitative estimate of drug-likeness (QED) is 0.758. The average molecular weight is 242 g/mol. The van der Waals surface area contributed by atoms with Gasteiger partial charge in [-0.05, 0) is 33.6 Å². The molecule has 1 aliphatic heterocycles. The lowest BCUT2D eigenvalue weighted by atomic mass is 9.92. The summed E-state index contributed by atoms with van der Waals surface area (Å²) in [6, 6.07) is 0.187. The third-order valence-electron chi connectivity index (χ3n) is 3.35. The van der Waals surface area contributed by atoms with Gasteiger partial charge in [0.25, 0.3) is 0 Å². The van der Waals surface area contributed by atoms with Gasteiger partial charge in [0.05, 0.1) is 12.1 Å². The molecule has 1 saturated heterocycles. The molecule has 17 heavy (non-hydrogen) atoms. The van der Waals surface area contributed by atoms with Crippen molar-refractivity contribution >= 4 is 6.09 Å². The van der Waals surface area contributed by atoms with Crippen LogP contribution in [0.2, 0.25) is 0 Å². The first-order chi connectivity index (χ1) is 7.82. The lowest BCUT2D eigenvalue weighted by molar-refractivity contribution is 0.0420. The van der Waals surface area contributed by atoms with Crippen LogP contribution < -0.4 is 11.1 Å². The summed E-state index contributed by atoms with van der Waals surface area (Å²) < 4.78 is 10.7. The zero-order valence-electron chi connectivity index (χ0n) is 10.8. The Morgan fingerprint density at radius 1 is 1.53 bits per heavy atom. The first kappa shape index (κ1) is 12.6. The second kappa shape index (κ2) is 4.14. The molecule has 2 aliphatic rings. The maximum absolute atomic E-state index is 11.8. The molecular weight excluding hydrogens is 220 g/mol. The zero-order valence-corrected chi connectivity index (χ0v) is 10.8. The molecule has 0 aromatic heterocycles. The maximum Gasteiger partial charge on any atom is 0.408 e. The molecule has 3 atom stereocenters. The Labute approximate surface area is 102 Å². The van der Waals surface area contributed by atoms with Crippen molar-refractivity contribution in [3.05, 3.63) is 0 Å². The third kappa shape index (κ3) is 2.90. The third-order valence-corrected chi connectivity index (χ3v) is 3.35. The largest absolute Gasteiger partial charge is 0.444 e. The van der Waals surface area contributed by atoms with E-state index in [1.54, 1.807) is 0 Å². The Morgan fingerprint density at radius 2 is 2.18 bits per heavy atom. The van der Waals surface area contributed by atoms with Gasteiger partial charge < -0.3 is 20.5 Å². The van der Waals surface area contributed by atoms with Gasteiger partial charge in [-0.15, -0.1) is 0 Å². The molecule has 98 valence electrons. The van der Waals surface area contributed by atoms with Gasteiger partial charge in [-0.2, -0.15) is 0 Å². The molecule has 0 radical (unpaired) electrons. The summed E-state index contributed by atoms with van der Waals surface area (Å²) in [6.07, 6.45) is 1.41. The van der Waals surface area contributed by atoms with E-state index in [1.165, 1.54) is 0 Å². The van der Waals surface area contributed by atoms with Crippen molar-refractivity contribution in [2.24, 2.45) is 11.7 Å². The topological polar surface area (TPSA) is 73.6 Å². The lowest BCUT2D eigenvalue weighted by Gasteiger charge is -2.30. The van der Waals surface area contributed by atoms with Gasteiger partial charge in [0, 0.05) is 18.6 Å². The Hall–Kier alpha value is -0.810. The van der Waals surface area contributed by atoms with E-state index in [0.29, 0.717) is 19.1 Å². The second-order valence-corrected chi connectivity index (χ2v) is 6.09. The van der Waals surface area contributed by atoms with Crippen LogP contribution in [-0.2, 0) is 9.47 Å². The number of nitrogens with two attached hydrogens (primary N) is 1. The fourth-order valence-corrected chi connectivity index (χ4v) is 2.42. The zero-order chi connectivity index (χ0) is 12.7. The molecule has 0 aromatic rings. The molecule has 0 aromatic carbocycles. The van der Waals surface area contributed by atoms with Crippen LogP contribution in [0.3, 0.4) is 0 Å². The smallest absolute Gasteiger partial charge is 0.408 e. The Bertz CT molecular complexity index is 305. The molecule has 5 heteroatoms. The Kier molecular flexibility index (Phi) is 3.08. The van der Waals surface area contributed by atoms with E-state index in [1.807, 2.05) is 20.8 Å². The van der Waals surface area contributed by atoms with Gasteiger partial charge in [-0.3, -0.25) is 0 Å². The van der Waals surface area contributed by atoms with Crippen LogP contribution in [0.1, 0.15) is 33.6 Å². The highest BCUT2D eigenvalue weighted by molar-refractivity contribution is 5.69. The van der Waals surface area contributed by atoms with Crippen LogP contribution in [0.25, 0.3) is 0 Å². The van der Waals surface area contributed by atoms with Crippen LogP contribution >= 0.6 is 0 Å². The molecule has 1 unspecified atom stereocenters. The highest BCUT2D eigenvalue weighted by Crippen LogP contribution is 2.43. The molecule has 5 nitrogen and oxygen atoms in total. The van der Waals surface area contributed by atoms with E-state index < -0.39 is 5.60 Å². The summed E-state index contributed by atoms with van der Waals surface area (Å²) in [6.45, 7) is 6.79. The highest BCUT2D eigenvalue weighted by Gasteiger charge is 2.54. The number of nitrogens with one attached hydrogen (secondary N) is 1. The van der Waals surface area contributed by atoms with Crippen molar-refractivity contribution in [2.45, 2.75) is 50.8 Å². The first-order valence-corrected chi connectivity index (χ1v) is 6.17. The van der Waals surface area contributed by atoms with Gasteiger partial charge in [-0.1, -0.05) is 0 Å². The molecular formula is C12H22N2O3. The van der Waals surface area contributed by atoms with Gasteiger partial charge >= 0.3 is 6.09 Å². The van der Waals surface area contributed by atoms with Gasteiger partial charge in [-0.25, -0.2) is 4.79 Å². The Balaban J connectivity index is 1.97. The molecule has 1 heterocycles. The minimum Gasteiger partial charge on any atom is -0.444 e. The summed E-state index contributed by atoms with van der Waals surface area (Å²) >= 11 is 0. The van der Waals surface area contributed by atoms with Crippen molar-refractivity contribution < 1.29 is 14.3 Å². The highest BCUT2D eigenvalue weighted by atomic mass is 16.6. The second-order valence-electron chi connectivity index (χ2n) is 6.09. The fraction of sp³-hybridized carbons (Fsp3) is 0.917. The molecule has 1 saturated carbocycles. The van der Waals surface area contributed by atoms with Crippen molar-refractivity contribution in [1.29, 1.82) is 0 Å². The number of ether oxygens (including phenoxy) is 2. The molecule has 3 N–H and O–H groups in total. The SMILES string of the molecule is CC(C)(C)OC(=O)NC1([C@@H]2C[C@H]2N)CCOC1. The molecule has 0 spiro atoms. The monoisotopic (exact) mass is 242 g/mol. The molecule has 1 amide bonds. The number of carbonyl (C=O) groups is 1. The van der Waals surface area contributed by atoms with Crippen LogP contribution in [0.5, 0.6) is 0 Å². The standard InChI is InChI=1S/C12H22N2O3/c1-11(2,3)17-10(15)14-12(4-5-16-7-12)8-6-9(8)13/h8-9H,4-7,13H2,1-3H3,(H,14,15)/t8-,9-,12?/m1/s1. The predicted octanol–water partition coefficient (Wildman–Crippen LogP) is 1.02. The van der Waals surface area contributed by atoms with Crippen LogP contribution in [0, 0.1) is 5.92 Å². The summed E-state index contributed by atoms with van der Waals surface area (Å²) in [5.74, 6) is 0.331. The molecule has 1 aliphatic carbocycles.